The summed E-state index contributed by atoms with van der Waals surface area (Å²) in [4.78, 5) is 0. The Kier molecular flexibility index (Phi) is 4.34. The van der Waals surface area contributed by atoms with E-state index in [9.17, 15) is 0 Å². The maximum atomic E-state index is 6.48. The smallest absolute Gasteiger partial charge is 0.0218 e. The minimum absolute atomic E-state index is 0.0455. The molecule has 1 aromatic rings. The van der Waals surface area contributed by atoms with Crippen LogP contribution in [0.15, 0.2) is 30.3 Å². The summed E-state index contributed by atoms with van der Waals surface area (Å²) in [6.45, 7) is 6.61. The first kappa shape index (κ1) is 12.3. The molecule has 0 heterocycles. The first-order valence-corrected chi connectivity index (χ1v) is 6.01. The summed E-state index contributed by atoms with van der Waals surface area (Å²) < 4.78 is 0. The maximum absolute atomic E-state index is 6.48. The van der Waals surface area contributed by atoms with E-state index >= 15 is 0 Å². The lowest BCUT2D eigenvalue weighted by atomic mass is 9.75. The van der Waals surface area contributed by atoms with Crippen molar-refractivity contribution in [3.63, 3.8) is 0 Å². The molecule has 1 unspecified atom stereocenters. The fourth-order valence-corrected chi connectivity index (χ4v) is 2.40. The van der Waals surface area contributed by atoms with Gasteiger partial charge in [0.25, 0.3) is 0 Å². The van der Waals surface area contributed by atoms with Crippen molar-refractivity contribution in [3.8, 4) is 0 Å². The van der Waals surface area contributed by atoms with Crippen LogP contribution in [-0.4, -0.2) is 5.54 Å². The maximum Gasteiger partial charge on any atom is 0.0218 e. The Morgan fingerprint density at radius 1 is 1.07 bits per heavy atom. The summed E-state index contributed by atoms with van der Waals surface area (Å²) in [5.41, 5.74) is 7.82. The van der Waals surface area contributed by atoms with Gasteiger partial charge in [0.1, 0.15) is 0 Å². The average molecular weight is 205 g/mol. The number of benzene rings is 1. The van der Waals surface area contributed by atoms with Gasteiger partial charge in [-0.2, -0.15) is 0 Å². The highest BCUT2D eigenvalue weighted by atomic mass is 14.8. The molecule has 84 valence electrons. The lowest BCUT2D eigenvalue weighted by molar-refractivity contribution is 0.313. The zero-order chi connectivity index (χ0) is 11.3. The molecule has 0 saturated heterocycles. The first-order chi connectivity index (χ1) is 7.18. The van der Waals surface area contributed by atoms with Crippen LogP contribution in [0.5, 0.6) is 0 Å². The normalized spacial score (nSPS) is 13.9. The van der Waals surface area contributed by atoms with E-state index < -0.39 is 0 Å². The molecule has 0 amide bonds. The minimum Gasteiger partial charge on any atom is -0.325 e. The van der Waals surface area contributed by atoms with Gasteiger partial charge in [0, 0.05) is 11.5 Å². The van der Waals surface area contributed by atoms with Crippen molar-refractivity contribution in [2.45, 2.75) is 51.5 Å². The third kappa shape index (κ3) is 2.60. The summed E-state index contributed by atoms with van der Waals surface area (Å²) in [7, 11) is 0. The van der Waals surface area contributed by atoms with Crippen LogP contribution in [0.25, 0.3) is 0 Å². The lowest BCUT2D eigenvalue weighted by Gasteiger charge is -2.36. The van der Waals surface area contributed by atoms with Crippen molar-refractivity contribution in [2.24, 2.45) is 5.73 Å². The Balaban J connectivity index is 2.98. The van der Waals surface area contributed by atoms with Gasteiger partial charge in [-0.05, 0) is 24.8 Å². The second-order valence-electron chi connectivity index (χ2n) is 4.31. The zero-order valence-electron chi connectivity index (χ0n) is 10.2. The zero-order valence-corrected chi connectivity index (χ0v) is 10.2. The Bertz CT molecular complexity index is 275. The lowest BCUT2D eigenvalue weighted by Crippen LogP contribution is -2.44. The first-order valence-electron chi connectivity index (χ1n) is 6.01. The van der Waals surface area contributed by atoms with E-state index in [0.29, 0.717) is 5.92 Å². The van der Waals surface area contributed by atoms with Crippen LogP contribution in [0.4, 0.5) is 0 Å². The van der Waals surface area contributed by atoms with Crippen molar-refractivity contribution in [3.05, 3.63) is 35.9 Å². The Labute approximate surface area is 93.7 Å². The van der Waals surface area contributed by atoms with Crippen molar-refractivity contribution < 1.29 is 0 Å². The summed E-state index contributed by atoms with van der Waals surface area (Å²) >= 11 is 0. The third-order valence-electron chi connectivity index (χ3n) is 3.62. The molecule has 1 atom stereocenters. The highest BCUT2D eigenvalue weighted by molar-refractivity contribution is 5.23. The van der Waals surface area contributed by atoms with E-state index in [2.05, 4.69) is 51.1 Å². The Morgan fingerprint density at radius 2 is 1.60 bits per heavy atom. The molecule has 0 aliphatic carbocycles. The molecule has 15 heavy (non-hydrogen) atoms. The fourth-order valence-electron chi connectivity index (χ4n) is 2.40. The molecule has 0 saturated carbocycles. The summed E-state index contributed by atoms with van der Waals surface area (Å²) in [6, 6.07) is 10.7. The molecule has 0 aliphatic heterocycles. The predicted octanol–water partition coefficient (Wildman–Crippen LogP) is 3.70. The van der Waals surface area contributed by atoms with Crippen molar-refractivity contribution in [2.75, 3.05) is 0 Å². The van der Waals surface area contributed by atoms with Crippen LogP contribution in [-0.2, 0) is 0 Å². The van der Waals surface area contributed by atoms with Crippen LogP contribution in [0.1, 0.15) is 51.5 Å². The summed E-state index contributed by atoms with van der Waals surface area (Å²) in [5, 5.41) is 0. The summed E-state index contributed by atoms with van der Waals surface area (Å²) in [5.74, 6) is 0.480. The molecule has 0 aliphatic rings. The molecular formula is C14H23N. The van der Waals surface area contributed by atoms with E-state index in [1.54, 1.807) is 0 Å². The van der Waals surface area contributed by atoms with Gasteiger partial charge >= 0.3 is 0 Å². The topological polar surface area (TPSA) is 26.0 Å². The largest absolute Gasteiger partial charge is 0.325 e. The highest BCUT2D eigenvalue weighted by Crippen LogP contribution is 2.34. The summed E-state index contributed by atoms with van der Waals surface area (Å²) in [6.07, 6.45) is 3.19. The van der Waals surface area contributed by atoms with Crippen LogP contribution < -0.4 is 5.73 Å². The molecule has 1 heteroatoms. The van der Waals surface area contributed by atoms with E-state index in [1.807, 2.05) is 0 Å². The SMILES string of the molecule is CCC(c1ccccc1)C(N)(CC)CC. The minimum atomic E-state index is -0.0455. The van der Waals surface area contributed by atoms with Gasteiger partial charge in [-0.1, -0.05) is 51.1 Å². The van der Waals surface area contributed by atoms with Gasteiger partial charge in [-0.25, -0.2) is 0 Å². The molecule has 2 N–H and O–H groups in total. The predicted molar refractivity (Wildman–Crippen MR) is 67.0 cm³/mol. The van der Waals surface area contributed by atoms with Gasteiger partial charge < -0.3 is 5.73 Å². The number of hydrogen-bond acceptors (Lipinski definition) is 1. The van der Waals surface area contributed by atoms with E-state index in [4.69, 9.17) is 5.73 Å². The van der Waals surface area contributed by atoms with Gasteiger partial charge in [-0.3, -0.25) is 0 Å². The number of nitrogens with two attached hydrogens (primary N) is 1. The molecule has 0 aromatic heterocycles. The molecule has 1 rings (SSSR count). The van der Waals surface area contributed by atoms with E-state index in [-0.39, 0.29) is 5.54 Å². The standard InChI is InChI=1S/C14H23N/c1-4-13(14(15,5-2)6-3)12-10-8-7-9-11-12/h7-11,13H,4-6,15H2,1-3H3. The van der Waals surface area contributed by atoms with Crippen LogP contribution in [0.2, 0.25) is 0 Å². The van der Waals surface area contributed by atoms with Gasteiger partial charge in [0.2, 0.25) is 0 Å². The Morgan fingerprint density at radius 3 is 2.00 bits per heavy atom. The monoisotopic (exact) mass is 205 g/mol. The molecular weight excluding hydrogens is 182 g/mol. The van der Waals surface area contributed by atoms with Gasteiger partial charge in [0.15, 0.2) is 0 Å². The van der Waals surface area contributed by atoms with Gasteiger partial charge in [0.05, 0.1) is 0 Å². The van der Waals surface area contributed by atoms with Crippen molar-refractivity contribution in [1.29, 1.82) is 0 Å². The molecule has 1 nitrogen and oxygen atoms in total. The van der Waals surface area contributed by atoms with Gasteiger partial charge in [-0.15, -0.1) is 0 Å². The van der Waals surface area contributed by atoms with Crippen LogP contribution in [0, 0.1) is 0 Å². The molecule has 0 radical (unpaired) electrons. The van der Waals surface area contributed by atoms with Crippen molar-refractivity contribution >= 4 is 0 Å². The molecule has 1 aromatic carbocycles. The Hall–Kier alpha value is -0.820. The highest BCUT2D eigenvalue weighted by Gasteiger charge is 2.30. The fraction of sp³-hybridized carbons (Fsp3) is 0.571. The second-order valence-corrected chi connectivity index (χ2v) is 4.31. The van der Waals surface area contributed by atoms with Crippen LogP contribution >= 0.6 is 0 Å². The molecule has 0 fully saturated rings. The molecule has 0 spiro atoms. The van der Waals surface area contributed by atoms with Crippen molar-refractivity contribution in [1.82, 2.24) is 0 Å². The number of hydrogen-bond donors (Lipinski definition) is 1. The quantitative estimate of drug-likeness (QED) is 0.779. The van der Waals surface area contributed by atoms with E-state index in [0.717, 1.165) is 19.3 Å². The average Bonchev–Trinajstić information content (AvgIpc) is 2.31. The third-order valence-corrected chi connectivity index (χ3v) is 3.62. The van der Waals surface area contributed by atoms with E-state index in [1.165, 1.54) is 5.56 Å². The second kappa shape index (κ2) is 5.32. The van der Waals surface area contributed by atoms with Crippen LogP contribution in [0.3, 0.4) is 0 Å². The number of rotatable bonds is 5. The molecule has 0 bridgehead atoms.